The Bertz CT molecular complexity index is 352. The van der Waals surface area contributed by atoms with E-state index >= 15 is 0 Å². The van der Waals surface area contributed by atoms with E-state index in [2.05, 4.69) is 5.32 Å². The average Bonchev–Trinajstić information content (AvgIpc) is 2.28. The molecular formula is C13H20N2O2. The highest BCUT2D eigenvalue weighted by molar-refractivity contribution is 5.81. The fraction of sp³-hybridized carbons (Fsp3) is 0.462. The predicted molar refractivity (Wildman–Crippen MR) is 67.4 cm³/mol. The van der Waals surface area contributed by atoms with Crippen LogP contribution in [0.4, 0.5) is 0 Å². The molecule has 1 aromatic rings. The molecule has 1 amide bonds. The molecule has 17 heavy (non-hydrogen) atoms. The molecule has 0 fully saturated rings. The summed E-state index contributed by atoms with van der Waals surface area (Å²) in [5.41, 5.74) is 6.83. The zero-order valence-electron chi connectivity index (χ0n) is 10.3. The van der Waals surface area contributed by atoms with Gasteiger partial charge in [-0.1, -0.05) is 30.3 Å². The molecule has 0 saturated carbocycles. The molecule has 0 aromatic heterocycles. The number of carbonyl (C=O) groups is 1. The van der Waals surface area contributed by atoms with Crippen molar-refractivity contribution in [2.75, 3.05) is 0 Å². The van der Waals surface area contributed by atoms with Gasteiger partial charge in [-0.25, -0.2) is 0 Å². The summed E-state index contributed by atoms with van der Waals surface area (Å²) in [6.45, 7) is 3.68. The van der Waals surface area contributed by atoms with E-state index < -0.39 is 18.1 Å². The number of carbonyl (C=O) groups excluding carboxylic acids is 1. The van der Waals surface area contributed by atoms with Crippen molar-refractivity contribution in [1.29, 1.82) is 0 Å². The van der Waals surface area contributed by atoms with Gasteiger partial charge in [0.1, 0.15) is 6.10 Å². The molecule has 4 nitrogen and oxygen atoms in total. The van der Waals surface area contributed by atoms with Crippen LogP contribution in [0, 0.1) is 0 Å². The molecule has 0 saturated heterocycles. The first-order valence-corrected chi connectivity index (χ1v) is 5.78. The molecule has 1 rings (SSSR count). The van der Waals surface area contributed by atoms with Crippen LogP contribution >= 0.6 is 0 Å². The van der Waals surface area contributed by atoms with Gasteiger partial charge in [0.2, 0.25) is 0 Å². The van der Waals surface area contributed by atoms with E-state index in [0.29, 0.717) is 6.42 Å². The number of aliphatic hydroxyl groups is 1. The van der Waals surface area contributed by atoms with Gasteiger partial charge in [0.05, 0.1) is 0 Å². The summed E-state index contributed by atoms with van der Waals surface area (Å²) < 4.78 is 0. The lowest BCUT2D eigenvalue weighted by atomic mass is 10.0. The van der Waals surface area contributed by atoms with Crippen LogP contribution in [0.1, 0.15) is 19.4 Å². The smallest absolute Gasteiger partial charge is 0.250 e. The maximum atomic E-state index is 11.5. The highest BCUT2D eigenvalue weighted by Gasteiger charge is 2.23. The molecule has 94 valence electrons. The second-order valence-electron chi connectivity index (χ2n) is 4.46. The third-order valence-electron chi connectivity index (χ3n) is 2.42. The number of rotatable bonds is 5. The Morgan fingerprint density at radius 1 is 1.35 bits per heavy atom. The minimum Gasteiger partial charge on any atom is -0.382 e. The van der Waals surface area contributed by atoms with E-state index in [1.54, 1.807) is 0 Å². The van der Waals surface area contributed by atoms with Crippen molar-refractivity contribution in [3.63, 3.8) is 0 Å². The van der Waals surface area contributed by atoms with Crippen LogP contribution in [0.2, 0.25) is 0 Å². The van der Waals surface area contributed by atoms with E-state index in [0.717, 1.165) is 5.56 Å². The number of benzene rings is 1. The van der Waals surface area contributed by atoms with E-state index in [-0.39, 0.29) is 6.04 Å². The van der Waals surface area contributed by atoms with Crippen molar-refractivity contribution in [3.05, 3.63) is 35.9 Å². The molecule has 0 aliphatic rings. The molecule has 0 aliphatic heterocycles. The second kappa shape index (κ2) is 6.37. The number of hydrogen-bond donors (Lipinski definition) is 3. The number of nitrogens with one attached hydrogen (secondary N) is 1. The van der Waals surface area contributed by atoms with E-state index in [4.69, 9.17) is 5.73 Å². The Balaban J connectivity index is 2.52. The van der Waals surface area contributed by atoms with Crippen LogP contribution < -0.4 is 11.1 Å². The first kappa shape index (κ1) is 13.7. The van der Waals surface area contributed by atoms with Gasteiger partial charge >= 0.3 is 0 Å². The van der Waals surface area contributed by atoms with Gasteiger partial charge in [-0.15, -0.1) is 0 Å². The number of nitrogens with two attached hydrogens (primary N) is 1. The summed E-state index contributed by atoms with van der Waals surface area (Å²) in [5, 5.41) is 12.4. The quantitative estimate of drug-likeness (QED) is 0.694. The molecule has 0 spiro atoms. The van der Waals surface area contributed by atoms with Gasteiger partial charge < -0.3 is 16.2 Å². The SMILES string of the molecule is CC(C)NC(=O)[C@H](O)[C@@H](N)Cc1ccccc1. The maximum absolute atomic E-state index is 11.5. The lowest BCUT2D eigenvalue weighted by Crippen LogP contribution is -2.49. The standard InChI is InChI=1S/C13H20N2O2/c1-9(2)15-13(17)12(16)11(14)8-10-6-4-3-5-7-10/h3-7,9,11-12,16H,8,14H2,1-2H3,(H,15,17)/t11-,12+/m0/s1. The molecule has 0 heterocycles. The lowest BCUT2D eigenvalue weighted by molar-refractivity contribution is -0.130. The molecule has 2 atom stereocenters. The molecule has 4 heteroatoms. The third-order valence-corrected chi connectivity index (χ3v) is 2.42. The molecule has 4 N–H and O–H groups in total. The summed E-state index contributed by atoms with van der Waals surface area (Å²) in [6, 6.07) is 8.99. The van der Waals surface area contributed by atoms with Crippen molar-refractivity contribution in [2.45, 2.75) is 38.5 Å². The predicted octanol–water partition coefficient (Wildman–Crippen LogP) is 0.442. The van der Waals surface area contributed by atoms with Crippen molar-refractivity contribution in [3.8, 4) is 0 Å². The molecule has 0 bridgehead atoms. The van der Waals surface area contributed by atoms with Crippen molar-refractivity contribution >= 4 is 5.91 Å². The minimum absolute atomic E-state index is 0.000996. The summed E-state index contributed by atoms with van der Waals surface area (Å²) in [6.07, 6.45) is -0.689. The molecule has 0 aliphatic carbocycles. The van der Waals surface area contributed by atoms with E-state index in [1.165, 1.54) is 0 Å². The number of amides is 1. The van der Waals surface area contributed by atoms with Gasteiger partial charge in [0, 0.05) is 12.1 Å². The summed E-state index contributed by atoms with van der Waals surface area (Å²) in [5.74, 6) is -0.413. The first-order chi connectivity index (χ1) is 8.00. The largest absolute Gasteiger partial charge is 0.382 e. The van der Waals surface area contributed by atoms with Gasteiger partial charge in [-0.3, -0.25) is 4.79 Å². The van der Waals surface area contributed by atoms with Gasteiger partial charge in [-0.05, 0) is 25.8 Å². The number of aliphatic hydroxyl groups excluding tert-OH is 1. The Hall–Kier alpha value is -1.39. The maximum Gasteiger partial charge on any atom is 0.250 e. The second-order valence-corrected chi connectivity index (χ2v) is 4.46. The van der Waals surface area contributed by atoms with Crippen molar-refractivity contribution in [2.24, 2.45) is 5.73 Å². The zero-order valence-corrected chi connectivity index (χ0v) is 10.3. The van der Waals surface area contributed by atoms with Crippen LogP contribution in [-0.4, -0.2) is 29.2 Å². The normalized spacial score (nSPS) is 14.4. The number of hydrogen-bond acceptors (Lipinski definition) is 3. The Labute approximate surface area is 102 Å². The lowest BCUT2D eigenvalue weighted by Gasteiger charge is -2.19. The highest BCUT2D eigenvalue weighted by atomic mass is 16.3. The van der Waals surface area contributed by atoms with Crippen LogP contribution in [0.3, 0.4) is 0 Å². The highest BCUT2D eigenvalue weighted by Crippen LogP contribution is 2.04. The molecule has 1 aromatic carbocycles. The van der Waals surface area contributed by atoms with E-state index in [9.17, 15) is 9.90 Å². The minimum atomic E-state index is -1.17. The van der Waals surface area contributed by atoms with Crippen LogP contribution in [-0.2, 0) is 11.2 Å². The fourth-order valence-corrected chi connectivity index (χ4v) is 1.56. The van der Waals surface area contributed by atoms with Crippen LogP contribution in [0.15, 0.2) is 30.3 Å². The van der Waals surface area contributed by atoms with E-state index in [1.807, 2.05) is 44.2 Å². The summed E-state index contributed by atoms with van der Waals surface area (Å²) in [4.78, 5) is 11.5. The molecule has 0 unspecified atom stereocenters. The van der Waals surface area contributed by atoms with Crippen LogP contribution in [0.25, 0.3) is 0 Å². The Morgan fingerprint density at radius 3 is 2.47 bits per heavy atom. The zero-order chi connectivity index (χ0) is 12.8. The first-order valence-electron chi connectivity index (χ1n) is 5.78. The molecular weight excluding hydrogens is 216 g/mol. The van der Waals surface area contributed by atoms with Gasteiger partial charge in [-0.2, -0.15) is 0 Å². The van der Waals surface area contributed by atoms with Gasteiger partial charge in [0.15, 0.2) is 0 Å². The van der Waals surface area contributed by atoms with Crippen molar-refractivity contribution < 1.29 is 9.90 Å². The average molecular weight is 236 g/mol. The summed E-state index contributed by atoms with van der Waals surface area (Å²) >= 11 is 0. The molecule has 0 radical (unpaired) electrons. The topological polar surface area (TPSA) is 75.3 Å². The summed E-state index contributed by atoms with van der Waals surface area (Å²) in [7, 11) is 0. The Morgan fingerprint density at radius 2 is 1.94 bits per heavy atom. The fourth-order valence-electron chi connectivity index (χ4n) is 1.56. The monoisotopic (exact) mass is 236 g/mol. The van der Waals surface area contributed by atoms with Crippen molar-refractivity contribution in [1.82, 2.24) is 5.32 Å². The van der Waals surface area contributed by atoms with Gasteiger partial charge in [0.25, 0.3) is 5.91 Å². The van der Waals surface area contributed by atoms with Crippen LogP contribution in [0.5, 0.6) is 0 Å². The Kier molecular flexibility index (Phi) is 5.12. The third kappa shape index (κ3) is 4.54.